The van der Waals surface area contributed by atoms with Gasteiger partial charge in [-0.25, -0.2) is 9.18 Å². The molecule has 0 atom stereocenters. The molecule has 0 unspecified atom stereocenters. The van der Waals surface area contributed by atoms with Gasteiger partial charge in [-0.3, -0.25) is 0 Å². The fourth-order valence-electron chi connectivity index (χ4n) is 3.62. The number of esters is 1. The summed E-state index contributed by atoms with van der Waals surface area (Å²) in [4.78, 5) is 11.8. The Balaban J connectivity index is 0.00000306. The molecule has 2 nitrogen and oxygen atoms in total. The maximum Gasteiger partial charge on any atom is 0.338 e. The minimum Gasteiger partial charge on any atom is -0.462 e. The number of benzene rings is 4. The quantitative estimate of drug-likeness (QED) is 0.222. The van der Waals surface area contributed by atoms with E-state index < -0.39 is 19.7 Å². The summed E-state index contributed by atoms with van der Waals surface area (Å²) in [5, 5.41) is 3.84. The summed E-state index contributed by atoms with van der Waals surface area (Å²) in [5.41, 5.74) is 1.81. The van der Waals surface area contributed by atoms with E-state index in [9.17, 15) is 9.18 Å². The van der Waals surface area contributed by atoms with Crippen LogP contribution in [0.3, 0.4) is 0 Å². The summed E-state index contributed by atoms with van der Waals surface area (Å²) < 4.78 is 19.5. The van der Waals surface area contributed by atoms with E-state index in [2.05, 4.69) is 72.8 Å². The molecule has 0 bridgehead atoms. The molecule has 0 aliphatic rings. The Hall–Kier alpha value is -2.81. The number of halogens is 2. The van der Waals surface area contributed by atoms with Crippen LogP contribution >= 0.6 is 24.9 Å². The average Bonchev–Trinajstić information content (AvgIpc) is 2.83. The van der Waals surface area contributed by atoms with E-state index in [-0.39, 0.29) is 29.2 Å². The second-order valence-electron chi connectivity index (χ2n) is 7.38. The summed E-state index contributed by atoms with van der Waals surface area (Å²) in [6.07, 6.45) is 0.462. The van der Waals surface area contributed by atoms with E-state index in [1.807, 2.05) is 12.1 Å². The van der Waals surface area contributed by atoms with Gasteiger partial charge in [-0.15, -0.1) is 17.0 Å². The molecular weight excluding hydrogens is 498 g/mol. The van der Waals surface area contributed by atoms with Crippen molar-refractivity contribution in [3.8, 4) is 0 Å². The first kappa shape index (κ1) is 24.8. The van der Waals surface area contributed by atoms with E-state index >= 15 is 0 Å². The predicted octanol–water partition coefficient (Wildman–Crippen LogP) is 5.93. The first-order valence-electron chi connectivity index (χ1n) is 10.6. The van der Waals surface area contributed by atoms with Gasteiger partial charge in [0.25, 0.3) is 0 Å². The maximum absolute atomic E-state index is 14.6. The summed E-state index contributed by atoms with van der Waals surface area (Å²) in [6.45, 7) is 2.00. The van der Waals surface area contributed by atoms with Crippen molar-refractivity contribution in [2.24, 2.45) is 0 Å². The molecule has 33 heavy (non-hydrogen) atoms. The minimum absolute atomic E-state index is 0. The lowest BCUT2D eigenvalue weighted by Gasteiger charge is -2.19. The average molecular weight is 523 g/mol. The molecule has 4 rings (SSSR count). The van der Waals surface area contributed by atoms with Crippen molar-refractivity contribution in [2.45, 2.75) is 13.3 Å². The molecule has 168 valence electrons. The third kappa shape index (κ3) is 6.16. The third-order valence-corrected chi connectivity index (χ3v) is 7.63. The molecule has 0 radical (unpaired) electrons. The second-order valence-corrected chi connectivity index (χ2v) is 9.60. The highest BCUT2D eigenvalue weighted by molar-refractivity contribution is 8.93. The molecule has 5 heteroatoms. The predicted molar refractivity (Wildman–Crippen MR) is 141 cm³/mol. The Morgan fingerprint density at radius 1 is 0.788 bits per heavy atom. The smallest absolute Gasteiger partial charge is 0.338 e. The van der Waals surface area contributed by atoms with Crippen LogP contribution in [0.2, 0.25) is 0 Å². The molecule has 0 aliphatic heterocycles. The number of rotatable bonds is 7. The van der Waals surface area contributed by atoms with Crippen LogP contribution in [0.25, 0.3) is 0 Å². The van der Waals surface area contributed by atoms with Crippen LogP contribution in [0.5, 0.6) is 0 Å². The van der Waals surface area contributed by atoms with Gasteiger partial charge < -0.3 is 4.74 Å². The Bertz CT molecular complexity index is 1140. The second kappa shape index (κ2) is 11.9. The zero-order valence-corrected chi connectivity index (χ0v) is 20.9. The highest BCUT2D eigenvalue weighted by atomic mass is 79.9. The number of hydrogen-bond acceptors (Lipinski definition) is 2. The largest absolute Gasteiger partial charge is 0.462 e. The van der Waals surface area contributed by atoms with Crippen LogP contribution in [0.15, 0.2) is 103 Å². The highest BCUT2D eigenvalue weighted by Gasteiger charge is 2.16. The lowest BCUT2D eigenvalue weighted by Crippen LogP contribution is -2.20. The zero-order valence-electron chi connectivity index (χ0n) is 18.3. The number of carbonyl (C=O) groups excluding carboxylic acids is 1. The first-order chi connectivity index (χ1) is 15.7. The van der Waals surface area contributed by atoms with E-state index in [1.165, 1.54) is 22.0 Å². The monoisotopic (exact) mass is 522 g/mol. The number of carbonyl (C=O) groups is 1. The van der Waals surface area contributed by atoms with Crippen LogP contribution in [0.4, 0.5) is 4.39 Å². The van der Waals surface area contributed by atoms with Gasteiger partial charge in [0.15, 0.2) is 0 Å². The Morgan fingerprint density at radius 3 is 1.85 bits per heavy atom. The van der Waals surface area contributed by atoms with Crippen molar-refractivity contribution < 1.29 is 13.9 Å². The van der Waals surface area contributed by atoms with Crippen LogP contribution in [-0.4, -0.2) is 12.6 Å². The fraction of sp³-hybridized carbons (Fsp3) is 0.107. The minimum atomic E-state index is -0.665. The molecule has 0 aromatic heterocycles. The maximum atomic E-state index is 14.6. The summed E-state index contributed by atoms with van der Waals surface area (Å²) >= 11 is 0. The van der Waals surface area contributed by atoms with E-state index in [4.69, 9.17) is 4.74 Å². The molecule has 0 N–H and O–H groups in total. The van der Waals surface area contributed by atoms with E-state index in [0.717, 1.165) is 5.56 Å². The van der Waals surface area contributed by atoms with Gasteiger partial charge in [-0.2, -0.15) is 0 Å². The standard InChI is InChI=1S/C28H24FO2P.BrH/c1-2-31-28(30)23-16-15-22(27(29)20-23)19-21-13-17-26(18-14-21)32(24-9-5-3-6-10-24)25-11-7-4-8-12-25;/h3-18,20H,2,19H2,1H3;1H. The Morgan fingerprint density at radius 2 is 1.33 bits per heavy atom. The number of ether oxygens (including phenoxy) is 1. The topological polar surface area (TPSA) is 26.3 Å². The molecule has 4 aromatic rings. The van der Waals surface area contributed by atoms with Gasteiger partial charge in [-0.05, 0) is 54.0 Å². The molecular formula is C28H25BrFO2P. The summed E-state index contributed by atoms with van der Waals surface area (Å²) in [6, 6.07) is 34.0. The van der Waals surface area contributed by atoms with E-state index in [0.29, 0.717) is 12.0 Å². The fourth-order valence-corrected chi connectivity index (χ4v) is 5.90. The Labute approximate surface area is 206 Å². The van der Waals surface area contributed by atoms with Crippen LogP contribution in [0, 0.1) is 5.82 Å². The third-order valence-electron chi connectivity index (χ3n) is 5.18. The van der Waals surface area contributed by atoms with Crippen molar-refractivity contribution in [1.82, 2.24) is 0 Å². The van der Waals surface area contributed by atoms with Gasteiger partial charge in [0.2, 0.25) is 0 Å². The highest BCUT2D eigenvalue weighted by Crippen LogP contribution is 2.32. The first-order valence-corrected chi connectivity index (χ1v) is 11.9. The van der Waals surface area contributed by atoms with Gasteiger partial charge in [0, 0.05) is 6.42 Å². The van der Waals surface area contributed by atoms with Crippen molar-refractivity contribution >= 4 is 46.8 Å². The van der Waals surface area contributed by atoms with Crippen LogP contribution in [0.1, 0.15) is 28.4 Å². The molecule has 0 heterocycles. The molecule has 4 aromatic carbocycles. The lowest BCUT2D eigenvalue weighted by molar-refractivity contribution is 0.0526. The van der Waals surface area contributed by atoms with Crippen molar-refractivity contribution in [1.29, 1.82) is 0 Å². The lowest BCUT2D eigenvalue weighted by atomic mass is 10.0. The van der Waals surface area contributed by atoms with Crippen molar-refractivity contribution in [3.63, 3.8) is 0 Å². The molecule has 0 saturated heterocycles. The van der Waals surface area contributed by atoms with Gasteiger partial charge in [0.1, 0.15) is 5.82 Å². The Kier molecular flexibility index (Phi) is 8.94. The molecule has 0 fully saturated rings. The van der Waals surface area contributed by atoms with Gasteiger partial charge in [-0.1, -0.05) is 91.0 Å². The zero-order chi connectivity index (χ0) is 22.3. The van der Waals surface area contributed by atoms with Crippen molar-refractivity contribution in [2.75, 3.05) is 6.61 Å². The SMILES string of the molecule is Br.CCOC(=O)c1ccc(Cc2ccc(P(c3ccccc3)c3ccccc3)cc2)c(F)c1. The summed E-state index contributed by atoms with van der Waals surface area (Å²) in [7, 11) is -0.665. The van der Waals surface area contributed by atoms with E-state index in [1.54, 1.807) is 19.1 Å². The molecule has 0 aliphatic carbocycles. The summed E-state index contributed by atoms with van der Waals surface area (Å²) in [5.74, 6) is -0.895. The van der Waals surface area contributed by atoms with Crippen molar-refractivity contribution in [3.05, 3.63) is 126 Å². The van der Waals surface area contributed by atoms with Crippen LogP contribution < -0.4 is 15.9 Å². The van der Waals surface area contributed by atoms with Gasteiger partial charge in [0.05, 0.1) is 12.2 Å². The number of hydrogen-bond donors (Lipinski definition) is 0. The molecule has 0 spiro atoms. The molecule has 0 saturated carbocycles. The van der Waals surface area contributed by atoms with Gasteiger partial charge >= 0.3 is 5.97 Å². The van der Waals surface area contributed by atoms with Crippen LogP contribution in [-0.2, 0) is 11.2 Å². The molecule has 0 amide bonds. The normalized spacial score (nSPS) is 10.5.